The van der Waals surface area contributed by atoms with Gasteiger partial charge in [0.25, 0.3) is 0 Å². The predicted octanol–water partition coefficient (Wildman–Crippen LogP) is 5.25. The van der Waals surface area contributed by atoms with Crippen molar-refractivity contribution in [2.45, 2.75) is 40.2 Å². The molecule has 2 rings (SSSR count). The van der Waals surface area contributed by atoms with Gasteiger partial charge < -0.3 is 0 Å². The van der Waals surface area contributed by atoms with Crippen LogP contribution in [-0.4, -0.2) is 18.0 Å². The molecule has 0 unspecified atom stereocenters. The van der Waals surface area contributed by atoms with Gasteiger partial charge in [-0.1, -0.05) is 50.0 Å². The van der Waals surface area contributed by atoms with Crippen LogP contribution < -0.4 is 0 Å². The normalized spacial score (nSPS) is 20.2. The number of halogens is 2. The Bertz CT molecular complexity index is 366. The second-order valence-electron chi connectivity index (χ2n) is 4.73. The largest absolute Gasteiger partial charge is 0.299 e. The van der Waals surface area contributed by atoms with Gasteiger partial charge in [0.2, 0.25) is 0 Å². The standard InChI is InChI=1S/C13H17Cl2N.C2H6/c1-10-3-2-6-16(8-10)9-11-4-5-12(14)13(15)7-11;1-2/h4-5,7,10H,2-3,6,8-9H2,1H3;1-2H3/t10-;/m1./s1. The van der Waals surface area contributed by atoms with Gasteiger partial charge in [0.1, 0.15) is 0 Å². The Morgan fingerprint density at radius 1 is 1.22 bits per heavy atom. The summed E-state index contributed by atoms with van der Waals surface area (Å²) in [4.78, 5) is 2.49. The maximum absolute atomic E-state index is 6.01. The highest BCUT2D eigenvalue weighted by molar-refractivity contribution is 6.42. The number of benzene rings is 1. The van der Waals surface area contributed by atoms with E-state index in [1.54, 1.807) is 0 Å². The average molecular weight is 288 g/mol. The molecule has 1 atom stereocenters. The van der Waals surface area contributed by atoms with Crippen molar-refractivity contribution < 1.29 is 0 Å². The van der Waals surface area contributed by atoms with Crippen molar-refractivity contribution in [3.63, 3.8) is 0 Å². The van der Waals surface area contributed by atoms with Gasteiger partial charge in [0.05, 0.1) is 10.0 Å². The average Bonchev–Trinajstić information content (AvgIpc) is 2.36. The maximum atomic E-state index is 6.01. The summed E-state index contributed by atoms with van der Waals surface area (Å²) in [5.74, 6) is 0.816. The lowest BCUT2D eigenvalue weighted by Crippen LogP contribution is -2.33. The minimum atomic E-state index is 0.637. The maximum Gasteiger partial charge on any atom is 0.0595 e. The topological polar surface area (TPSA) is 3.24 Å². The van der Waals surface area contributed by atoms with Crippen molar-refractivity contribution in [1.82, 2.24) is 4.90 Å². The third-order valence-electron chi connectivity index (χ3n) is 3.13. The van der Waals surface area contributed by atoms with Crippen molar-refractivity contribution in [1.29, 1.82) is 0 Å². The first-order valence-electron chi connectivity index (χ1n) is 6.81. The predicted molar refractivity (Wildman–Crippen MR) is 81.5 cm³/mol. The van der Waals surface area contributed by atoms with Crippen LogP contribution in [0.5, 0.6) is 0 Å². The quantitative estimate of drug-likeness (QED) is 0.718. The third-order valence-corrected chi connectivity index (χ3v) is 3.87. The summed E-state index contributed by atoms with van der Waals surface area (Å²) in [6, 6.07) is 5.92. The van der Waals surface area contributed by atoms with Crippen LogP contribution in [0.4, 0.5) is 0 Å². The molecular weight excluding hydrogens is 265 g/mol. The fraction of sp³-hybridized carbons (Fsp3) is 0.600. The number of rotatable bonds is 2. The zero-order valence-electron chi connectivity index (χ0n) is 11.5. The van der Waals surface area contributed by atoms with Crippen LogP contribution in [0, 0.1) is 5.92 Å². The summed E-state index contributed by atoms with van der Waals surface area (Å²) in [7, 11) is 0. The van der Waals surface area contributed by atoms with Crippen LogP contribution in [0.1, 0.15) is 39.2 Å². The summed E-state index contributed by atoms with van der Waals surface area (Å²) >= 11 is 11.9. The van der Waals surface area contributed by atoms with Gasteiger partial charge in [-0.2, -0.15) is 0 Å². The molecule has 1 aromatic carbocycles. The van der Waals surface area contributed by atoms with E-state index in [1.807, 2.05) is 26.0 Å². The van der Waals surface area contributed by atoms with Crippen molar-refractivity contribution in [2.24, 2.45) is 5.92 Å². The summed E-state index contributed by atoms with van der Waals surface area (Å²) in [5, 5.41) is 1.29. The van der Waals surface area contributed by atoms with E-state index in [0.29, 0.717) is 10.0 Å². The van der Waals surface area contributed by atoms with Gasteiger partial charge in [0, 0.05) is 13.1 Å². The molecule has 1 fully saturated rings. The molecular formula is C15H23Cl2N. The van der Waals surface area contributed by atoms with Crippen LogP contribution in [0.25, 0.3) is 0 Å². The van der Waals surface area contributed by atoms with E-state index in [0.717, 1.165) is 12.5 Å². The van der Waals surface area contributed by atoms with E-state index in [-0.39, 0.29) is 0 Å². The zero-order chi connectivity index (χ0) is 13.5. The summed E-state index contributed by atoms with van der Waals surface area (Å²) in [6.45, 7) is 9.70. The number of likely N-dealkylation sites (tertiary alicyclic amines) is 1. The van der Waals surface area contributed by atoms with E-state index in [1.165, 1.54) is 31.5 Å². The van der Waals surface area contributed by atoms with Gasteiger partial charge in [-0.25, -0.2) is 0 Å². The molecule has 1 aromatic rings. The summed E-state index contributed by atoms with van der Waals surface area (Å²) in [5.41, 5.74) is 1.25. The molecule has 1 aliphatic heterocycles. The highest BCUT2D eigenvalue weighted by Crippen LogP contribution is 2.24. The molecule has 0 aromatic heterocycles. The Labute approximate surface area is 121 Å². The first-order valence-corrected chi connectivity index (χ1v) is 7.57. The van der Waals surface area contributed by atoms with Crippen LogP contribution >= 0.6 is 23.2 Å². The minimum Gasteiger partial charge on any atom is -0.299 e. The van der Waals surface area contributed by atoms with Crippen LogP contribution in [0.2, 0.25) is 10.0 Å². The lowest BCUT2D eigenvalue weighted by atomic mass is 10.00. The van der Waals surface area contributed by atoms with Crippen molar-refractivity contribution >= 4 is 23.2 Å². The van der Waals surface area contributed by atoms with Crippen molar-refractivity contribution in [3.05, 3.63) is 33.8 Å². The lowest BCUT2D eigenvalue weighted by molar-refractivity contribution is 0.176. The molecule has 0 aliphatic carbocycles. The van der Waals surface area contributed by atoms with Crippen LogP contribution in [0.15, 0.2) is 18.2 Å². The molecule has 18 heavy (non-hydrogen) atoms. The number of hydrogen-bond donors (Lipinski definition) is 0. The van der Waals surface area contributed by atoms with E-state index >= 15 is 0 Å². The smallest absolute Gasteiger partial charge is 0.0595 e. The fourth-order valence-electron chi connectivity index (χ4n) is 2.33. The van der Waals surface area contributed by atoms with Gasteiger partial charge in [-0.3, -0.25) is 4.90 Å². The second-order valence-corrected chi connectivity index (χ2v) is 5.55. The second kappa shape index (κ2) is 8.04. The molecule has 0 bridgehead atoms. The lowest BCUT2D eigenvalue weighted by Gasteiger charge is -2.30. The SMILES string of the molecule is CC.C[C@@H]1CCCN(Cc2ccc(Cl)c(Cl)c2)C1. The molecule has 1 saturated heterocycles. The molecule has 0 radical (unpaired) electrons. The third kappa shape index (κ3) is 4.79. The first-order chi connectivity index (χ1) is 8.65. The molecule has 0 spiro atoms. The Balaban J connectivity index is 0.000000771. The Kier molecular flexibility index (Phi) is 7.06. The number of nitrogens with zero attached hydrogens (tertiary/aromatic N) is 1. The van der Waals surface area contributed by atoms with E-state index < -0.39 is 0 Å². The number of piperidine rings is 1. The molecule has 102 valence electrons. The van der Waals surface area contributed by atoms with E-state index in [2.05, 4.69) is 17.9 Å². The van der Waals surface area contributed by atoms with Crippen LogP contribution in [0.3, 0.4) is 0 Å². The summed E-state index contributed by atoms with van der Waals surface area (Å²) < 4.78 is 0. The molecule has 1 nitrogen and oxygen atoms in total. The molecule has 1 aliphatic rings. The van der Waals surface area contributed by atoms with Gasteiger partial charge in [0.15, 0.2) is 0 Å². The van der Waals surface area contributed by atoms with Gasteiger partial charge in [-0.15, -0.1) is 0 Å². The molecule has 0 N–H and O–H groups in total. The van der Waals surface area contributed by atoms with Crippen molar-refractivity contribution in [2.75, 3.05) is 13.1 Å². The van der Waals surface area contributed by atoms with Gasteiger partial charge >= 0.3 is 0 Å². The molecule has 1 heterocycles. The summed E-state index contributed by atoms with van der Waals surface area (Å²) in [6.07, 6.45) is 2.67. The monoisotopic (exact) mass is 287 g/mol. The van der Waals surface area contributed by atoms with Crippen molar-refractivity contribution in [3.8, 4) is 0 Å². The van der Waals surface area contributed by atoms with E-state index in [4.69, 9.17) is 23.2 Å². The van der Waals surface area contributed by atoms with E-state index in [9.17, 15) is 0 Å². The van der Waals surface area contributed by atoms with Gasteiger partial charge in [-0.05, 0) is 43.0 Å². The fourth-order valence-corrected chi connectivity index (χ4v) is 2.65. The Morgan fingerprint density at radius 2 is 1.94 bits per heavy atom. The minimum absolute atomic E-state index is 0.637. The van der Waals surface area contributed by atoms with Crippen LogP contribution in [-0.2, 0) is 6.54 Å². The number of hydrogen-bond acceptors (Lipinski definition) is 1. The Hall–Kier alpha value is -0.240. The highest BCUT2D eigenvalue weighted by Gasteiger charge is 2.16. The molecule has 0 saturated carbocycles. The first kappa shape index (κ1) is 15.8. The Morgan fingerprint density at radius 3 is 2.56 bits per heavy atom. The molecule has 3 heteroatoms. The molecule has 0 amide bonds. The highest BCUT2D eigenvalue weighted by atomic mass is 35.5. The zero-order valence-corrected chi connectivity index (χ0v) is 13.1.